The molecule has 0 bridgehead atoms. The van der Waals surface area contributed by atoms with E-state index in [1.807, 2.05) is 30.5 Å². The highest BCUT2D eigenvalue weighted by Crippen LogP contribution is 2.22. The summed E-state index contributed by atoms with van der Waals surface area (Å²) in [7, 11) is 0. The zero-order valence-electron chi connectivity index (χ0n) is 9.78. The number of hydrogen-bond donors (Lipinski definition) is 2. The van der Waals surface area contributed by atoms with Crippen LogP contribution in [0, 0.1) is 0 Å². The summed E-state index contributed by atoms with van der Waals surface area (Å²) in [4.78, 5) is 3.25. The third-order valence-electron chi connectivity index (χ3n) is 2.98. The van der Waals surface area contributed by atoms with Crippen molar-refractivity contribution in [2.75, 3.05) is 5.32 Å². The number of aromatic nitrogens is 1. The van der Waals surface area contributed by atoms with Crippen LogP contribution in [0.4, 0.5) is 5.69 Å². The van der Waals surface area contributed by atoms with E-state index < -0.39 is 0 Å². The zero-order chi connectivity index (χ0) is 12.4. The maximum atomic E-state index is 5.87. The van der Waals surface area contributed by atoms with Crippen molar-refractivity contribution >= 4 is 28.2 Å². The molecule has 3 aromatic rings. The Morgan fingerprint density at radius 2 is 1.83 bits per heavy atom. The average molecular weight is 257 g/mol. The Bertz CT molecular complexity index is 656. The van der Waals surface area contributed by atoms with Gasteiger partial charge >= 0.3 is 0 Å². The molecule has 2 aromatic carbocycles. The number of benzene rings is 2. The molecule has 1 aromatic heterocycles. The Morgan fingerprint density at radius 1 is 1.00 bits per heavy atom. The lowest BCUT2D eigenvalue weighted by atomic mass is 10.2. The minimum absolute atomic E-state index is 0.769. The van der Waals surface area contributed by atoms with E-state index in [2.05, 4.69) is 34.6 Å². The van der Waals surface area contributed by atoms with E-state index >= 15 is 0 Å². The fraction of sp³-hybridized carbons (Fsp3) is 0.0667. The van der Waals surface area contributed by atoms with Gasteiger partial charge in [0.05, 0.1) is 11.2 Å². The molecule has 0 radical (unpaired) electrons. The molecular formula is C15H13ClN2. The molecule has 0 spiro atoms. The van der Waals surface area contributed by atoms with Crippen molar-refractivity contribution in [2.24, 2.45) is 0 Å². The first-order valence-corrected chi connectivity index (χ1v) is 6.25. The number of anilines is 1. The molecule has 0 amide bonds. The Labute approximate surface area is 111 Å². The van der Waals surface area contributed by atoms with E-state index in [1.165, 1.54) is 10.9 Å². The van der Waals surface area contributed by atoms with Crippen molar-refractivity contribution in [3.8, 4) is 0 Å². The minimum atomic E-state index is 0.769. The average Bonchev–Trinajstić information content (AvgIpc) is 2.87. The van der Waals surface area contributed by atoms with Crippen LogP contribution >= 0.6 is 11.6 Å². The van der Waals surface area contributed by atoms with E-state index in [-0.39, 0.29) is 0 Å². The minimum Gasteiger partial charge on any atom is -0.379 e. The molecule has 0 fully saturated rings. The summed E-state index contributed by atoms with van der Waals surface area (Å²) >= 11 is 5.87. The van der Waals surface area contributed by atoms with Crippen LogP contribution in [0.1, 0.15) is 5.56 Å². The van der Waals surface area contributed by atoms with Crippen LogP contribution in [0.5, 0.6) is 0 Å². The first kappa shape index (κ1) is 11.2. The molecule has 3 heteroatoms. The first-order valence-electron chi connectivity index (χ1n) is 5.87. The van der Waals surface area contributed by atoms with Crippen LogP contribution in [-0.4, -0.2) is 4.98 Å². The number of nitrogens with one attached hydrogen (secondary N) is 2. The summed E-state index contributed by atoms with van der Waals surface area (Å²) in [5.41, 5.74) is 3.47. The van der Waals surface area contributed by atoms with E-state index in [0.717, 1.165) is 22.8 Å². The second-order valence-electron chi connectivity index (χ2n) is 4.23. The van der Waals surface area contributed by atoms with Gasteiger partial charge in [-0.15, -0.1) is 0 Å². The van der Waals surface area contributed by atoms with Gasteiger partial charge in [-0.1, -0.05) is 35.9 Å². The lowest BCUT2D eigenvalue weighted by Crippen LogP contribution is -1.99. The lowest BCUT2D eigenvalue weighted by molar-refractivity contribution is 1.15. The van der Waals surface area contributed by atoms with Crippen molar-refractivity contribution in [1.82, 2.24) is 4.98 Å². The molecule has 3 rings (SSSR count). The fourth-order valence-electron chi connectivity index (χ4n) is 2.03. The predicted molar refractivity (Wildman–Crippen MR) is 77.1 cm³/mol. The van der Waals surface area contributed by atoms with Crippen molar-refractivity contribution in [1.29, 1.82) is 0 Å². The number of para-hydroxylation sites is 1. The van der Waals surface area contributed by atoms with Crippen LogP contribution in [0.2, 0.25) is 5.02 Å². The van der Waals surface area contributed by atoms with Crippen LogP contribution in [0.3, 0.4) is 0 Å². The van der Waals surface area contributed by atoms with Crippen molar-refractivity contribution in [2.45, 2.75) is 6.54 Å². The van der Waals surface area contributed by atoms with Gasteiger partial charge in [0.15, 0.2) is 0 Å². The number of hydrogen-bond acceptors (Lipinski definition) is 1. The molecule has 18 heavy (non-hydrogen) atoms. The van der Waals surface area contributed by atoms with Crippen LogP contribution in [0.25, 0.3) is 10.9 Å². The Balaban J connectivity index is 1.80. The van der Waals surface area contributed by atoms with Gasteiger partial charge in [0.2, 0.25) is 0 Å². The molecule has 0 aliphatic rings. The number of halogens is 1. The third-order valence-corrected chi connectivity index (χ3v) is 3.24. The quantitative estimate of drug-likeness (QED) is 0.713. The highest BCUT2D eigenvalue weighted by atomic mass is 35.5. The van der Waals surface area contributed by atoms with Gasteiger partial charge < -0.3 is 10.3 Å². The molecule has 0 atom stereocenters. The second-order valence-corrected chi connectivity index (χ2v) is 4.66. The molecular weight excluding hydrogens is 244 g/mol. The Kier molecular flexibility index (Phi) is 2.95. The smallest absolute Gasteiger partial charge is 0.0689 e. The Morgan fingerprint density at radius 3 is 2.67 bits per heavy atom. The van der Waals surface area contributed by atoms with Gasteiger partial charge in [-0.05, 0) is 29.8 Å². The van der Waals surface area contributed by atoms with Crippen molar-refractivity contribution in [3.63, 3.8) is 0 Å². The largest absolute Gasteiger partial charge is 0.379 e. The maximum absolute atomic E-state index is 5.87. The molecule has 90 valence electrons. The number of rotatable bonds is 3. The van der Waals surface area contributed by atoms with Gasteiger partial charge in [0.25, 0.3) is 0 Å². The standard InChI is InChI=1S/C15H13ClN2/c16-13-6-4-11(5-7-13)10-18-14-3-1-2-12-8-9-17-15(12)14/h1-9,17-18H,10H2. The summed E-state index contributed by atoms with van der Waals surface area (Å²) in [6, 6.07) is 16.2. The normalized spacial score (nSPS) is 10.7. The molecule has 2 N–H and O–H groups in total. The second kappa shape index (κ2) is 4.75. The lowest BCUT2D eigenvalue weighted by Gasteiger charge is -2.08. The first-order chi connectivity index (χ1) is 8.83. The summed E-state index contributed by atoms with van der Waals surface area (Å²) in [6.45, 7) is 0.787. The SMILES string of the molecule is Clc1ccc(CNc2cccc3cc[nH]c23)cc1. The summed E-state index contributed by atoms with van der Waals surface area (Å²) in [5, 5.41) is 5.42. The van der Waals surface area contributed by atoms with E-state index in [9.17, 15) is 0 Å². The van der Waals surface area contributed by atoms with E-state index in [0.29, 0.717) is 0 Å². The molecule has 1 heterocycles. The highest BCUT2D eigenvalue weighted by Gasteiger charge is 2.01. The van der Waals surface area contributed by atoms with Crippen LogP contribution in [0.15, 0.2) is 54.7 Å². The van der Waals surface area contributed by atoms with E-state index in [1.54, 1.807) is 0 Å². The van der Waals surface area contributed by atoms with Crippen LogP contribution in [-0.2, 0) is 6.54 Å². The van der Waals surface area contributed by atoms with Gasteiger partial charge in [-0.2, -0.15) is 0 Å². The number of aromatic amines is 1. The van der Waals surface area contributed by atoms with Gasteiger partial charge in [-0.25, -0.2) is 0 Å². The third kappa shape index (κ3) is 2.20. The summed E-state index contributed by atoms with van der Waals surface area (Å²) in [5.74, 6) is 0. The van der Waals surface area contributed by atoms with E-state index in [4.69, 9.17) is 11.6 Å². The van der Waals surface area contributed by atoms with Crippen LogP contribution < -0.4 is 5.32 Å². The predicted octanol–water partition coefficient (Wildman–Crippen LogP) is 4.43. The molecule has 2 nitrogen and oxygen atoms in total. The zero-order valence-corrected chi connectivity index (χ0v) is 10.5. The molecule has 0 aliphatic heterocycles. The number of H-pyrrole nitrogens is 1. The topological polar surface area (TPSA) is 27.8 Å². The monoisotopic (exact) mass is 256 g/mol. The van der Waals surface area contributed by atoms with Crippen molar-refractivity contribution in [3.05, 3.63) is 65.3 Å². The van der Waals surface area contributed by atoms with Gasteiger partial charge in [-0.3, -0.25) is 0 Å². The number of fused-ring (bicyclic) bond motifs is 1. The Hall–Kier alpha value is -1.93. The van der Waals surface area contributed by atoms with Crippen molar-refractivity contribution < 1.29 is 0 Å². The van der Waals surface area contributed by atoms with Gasteiger partial charge in [0.1, 0.15) is 0 Å². The molecule has 0 unspecified atom stereocenters. The summed E-state index contributed by atoms with van der Waals surface area (Å²) < 4.78 is 0. The maximum Gasteiger partial charge on any atom is 0.0689 e. The molecule has 0 saturated carbocycles. The highest BCUT2D eigenvalue weighted by molar-refractivity contribution is 6.30. The fourth-order valence-corrected chi connectivity index (χ4v) is 2.16. The summed E-state index contributed by atoms with van der Waals surface area (Å²) in [6.07, 6.45) is 1.96. The molecule has 0 aliphatic carbocycles. The molecule has 0 saturated heterocycles. The van der Waals surface area contributed by atoms with Gasteiger partial charge in [0, 0.05) is 23.2 Å².